The van der Waals surface area contributed by atoms with E-state index in [4.69, 9.17) is 0 Å². The van der Waals surface area contributed by atoms with Crippen LogP contribution in [0.25, 0.3) is 0 Å². The molecule has 0 amide bonds. The highest BCUT2D eigenvalue weighted by atomic mass is 32.2. The van der Waals surface area contributed by atoms with E-state index >= 15 is 0 Å². The first kappa shape index (κ1) is 14.9. The zero-order valence-corrected chi connectivity index (χ0v) is 11.9. The Balaban J connectivity index is 2.29. The maximum absolute atomic E-state index is 12.0. The summed E-state index contributed by atoms with van der Waals surface area (Å²) in [5.41, 5.74) is 0. The maximum Gasteiger partial charge on any atom is 0.213 e. The third kappa shape index (κ3) is 5.36. The van der Waals surface area contributed by atoms with E-state index in [-0.39, 0.29) is 5.75 Å². The summed E-state index contributed by atoms with van der Waals surface area (Å²) >= 11 is 0. The Kier molecular flexibility index (Phi) is 6.44. The van der Waals surface area contributed by atoms with Gasteiger partial charge in [-0.25, -0.2) is 12.7 Å². The molecule has 1 aliphatic rings. The Bertz CT molecular complexity index is 298. The van der Waals surface area contributed by atoms with Crippen LogP contribution in [0.15, 0.2) is 0 Å². The van der Waals surface area contributed by atoms with Gasteiger partial charge >= 0.3 is 0 Å². The van der Waals surface area contributed by atoms with Crippen molar-refractivity contribution in [2.45, 2.75) is 38.5 Å². The van der Waals surface area contributed by atoms with Gasteiger partial charge in [-0.3, -0.25) is 0 Å². The highest BCUT2D eigenvalue weighted by molar-refractivity contribution is 7.89. The van der Waals surface area contributed by atoms with Crippen molar-refractivity contribution in [1.29, 1.82) is 0 Å². The molecule has 0 unspecified atom stereocenters. The number of sulfonamides is 1. The predicted molar refractivity (Wildman–Crippen MR) is 71.5 cm³/mol. The van der Waals surface area contributed by atoms with Crippen LogP contribution >= 0.6 is 0 Å². The highest BCUT2D eigenvalue weighted by Crippen LogP contribution is 2.25. The fourth-order valence-electron chi connectivity index (χ4n) is 2.41. The van der Waals surface area contributed by atoms with E-state index < -0.39 is 10.0 Å². The minimum atomic E-state index is -3.02. The molecule has 0 heterocycles. The molecule has 0 saturated heterocycles. The molecule has 1 rings (SSSR count). The average molecular weight is 262 g/mol. The van der Waals surface area contributed by atoms with E-state index in [0.717, 1.165) is 19.4 Å². The molecular formula is C12H26N2O2S. The van der Waals surface area contributed by atoms with E-state index in [1.807, 2.05) is 7.05 Å². The molecule has 1 saturated carbocycles. The normalized spacial score (nSPS) is 18.1. The molecule has 0 aliphatic heterocycles. The molecule has 0 bridgehead atoms. The molecule has 102 valence electrons. The van der Waals surface area contributed by atoms with Crippen LogP contribution in [0.4, 0.5) is 0 Å². The highest BCUT2D eigenvalue weighted by Gasteiger charge is 2.23. The van der Waals surface area contributed by atoms with Gasteiger partial charge in [-0.05, 0) is 45.2 Å². The lowest BCUT2D eigenvalue weighted by atomic mass is 10.1. The maximum atomic E-state index is 12.0. The standard InChI is InChI=1S/C12H26N2O2S/c1-13-9-5-6-10-17(15,16)14(2)11-12-7-3-4-8-12/h12-13H,3-11H2,1-2H3. The summed E-state index contributed by atoms with van der Waals surface area (Å²) < 4.78 is 25.5. The van der Waals surface area contributed by atoms with Crippen LogP contribution in [0.2, 0.25) is 0 Å². The summed E-state index contributed by atoms with van der Waals surface area (Å²) in [6.45, 7) is 1.61. The molecule has 0 spiro atoms. The fraction of sp³-hybridized carbons (Fsp3) is 1.00. The fourth-order valence-corrected chi connectivity index (χ4v) is 3.73. The van der Waals surface area contributed by atoms with Crippen molar-refractivity contribution >= 4 is 10.0 Å². The van der Waals surface area contributed by atoms with Crippen molar-refractivity contribution in [2.75, 3.05) is 32.9 Å². The van der Waals surface area contributed by atoms with Crippen molar-refractivity contribution in [1.82, 2.24) is 9.62 Å². The summed E-state index contributed by atoms with van der Waals surface area (Å²) in [5, 5.41) is 3.03. The number of nitrogens with one attached hydrogen (secondary N) is 1. The van der Waals surface area contributed by atoms with Crippen molar-refractivity contribution in [3.63, 3.8) is 0 Å². The first-order valence-electron chi connectivity index (χ1n) is 6.65. The Labute approximate surface area is 106 Å². The molecule has 1 N–H and O–H groups in total. The minimum Gasteiger partial charge on any atom is -0.320 e. The number of hydrogen-bond acceptors (Lipinski definition) is 3. The zero-order valence-electron chi connectivity index (χ0n) is 11.1. The summed E-state index contributed by atoms with van der Waals surface area (Å²) in [5.74, 6) is 0.879. The summed E-state index contributed by atoms with van der Waals surface area (Å²) in [7, 11) is 0.595. The molecule has 1 fully saturated rings. The Morgan fingerprint density at radius 2 is 1.88 bits per heavy atom. The van der Waals surface area contributed by atoms with Crippen LogP contribution in [0.3, 0.4) is 0 Å². The van der Waals surface area contributed by atoms with Gasteiger partial charge in [0.05, 0.1) is 5.75 Å². The zero-order chi connectivity index (χ0) is 12.7. The summed E-state index contributed by atoms with van der Waals surface area (Å²) in [6, 6.07) is 0. The van der Waals surface area contributed by atoms with Crippen LogP contribution in [-0.4, -0.2) is 45.7 Å². The number of hydrogen-bond donors (Lipinski definition) is 1. The quantitative estimate of drug-likeness (QED) is 0.673. The van der Waals surface area contributed by atoms with Gasteiger partial charge in [0, 0.05) is 13.6 Å². The molecule has 0 aromatic carbocycles. The second kappa shape index (κ2) is 7.34. The summed E-state index contributed by atoms with van der Waals surface area (Å²) in [6.07, 6.45) is 6.59. The van der Waals surface area contributed by atoms with Gasteiger partial charge in [0.25, 0.3) is 0 Å². The molecule has 4 nitrogen and oxygen atoms in total. The van der Waals surface area contributed by atoms with E-state index in [0.29, 0.717) is 12.5 Å². The molecule has 1 aliphatic carbocycles. The molecule has 5 heteroatoms. The van der Waals surface area contributed by atoms with Crippen LogP contribution in [-0.2, 0) is 10.0 Å². The lowest BCUT2D eigenvalue weighted by molar-refractivity contribution is 0.386. The smallest absolute Gasteiger partial charge is 0.213 e. The molecule has 0 radical (unpaired) electrons. The van der Waals surface area contributed by atoms with Crippen molar-refractivity contribution in [2.24, 2.45) is 5.92 Å². The molecule has 0 aromatic heterocycles. The van der Waals surface area contributed by atoms with Gasteiger partial charge < -0.3 is 5.32 Å². The third-order valence-electron chi connectivity index (χ3n) is 3.54. The number of nitrogens with zero attached hydrogens (tertiary/aromatic N) is 1. The van der Waals surface area contributed by atoms with E-state index in [1.54, 1.807) is 11.4 Å². The Morgan fingerprint density at radius 3 is 2.47 bits per heavy atom. The topological polar surface area (TPSA) is 49.4 Å². The third-order valence-corrected chi connectivity index (χ3v) is 5.45. The first-order chi connectivity index (χ1) is 8.06. The minimum absolute atomic E-state index is 0.290. The predicted octanol–water partition coefficient (Wildman–Crippen LogP) is 1.44. The van der Waals surface area contributed by atoms with E-state index in [9.17, 15) is 8.42 Å². The van der Waals surface area contributed by atoms with Crippen molar-refractivity contribution in [3.8, 4) is 0 Å². The van der Waals surface area contributed by atoms with Crippen LogP contribution in [0.5, 0.6) is 0 Å². The van der Waals surface area contributed by atoms with E-state index in [1.165, 1.54) is 25.7 Å². The van der Waals surface area contributed by atoms with Crippen LogP contribution < -0.4 is 5.32 Å². The first-order valence-corrected chi connectivity index (χ1v) is 8.26. The monoisotopic (exact) mass is 262 g/mol. The van der Waals surface area contributed by atoms with Crippen molar-refractivity contribution < 1.29 is 8.42 Å². The molecule has 0 atom stereocenters. The van der Waals surface area contributed by atoms with E-state index in [2.05, 4.69) is 5.32 Å². The Hall–Kier alpha value is -0.130. The van der Waals surface area contributed by atoms with Crippen LogP contribution in [0.1, 0.15) is 38.5 Å². The van der Waals surface area contributed by atoms with Gasteiger partial charge in [-0.2, -0.15) is 0 Å². The second-order valence-electron chi connectivity index (χ2n) is 5.06. The lowest BCUT2D eigenvalue weighted by Crippen LogP contribution is -2.33. The Morgan fingerprint density at radius 1 is 1.24 bits per heavy atom. The number of unbranched alkanes of at least 4 members (excludes halogenated alkanes) is 1. The van der Waals surface area contributed by atoms with Gasteiger partial charge in [-0.1, -0.05) is 12.8 Å². The van der Waals surface area contributed by atoms with Gasteiger partial charge in [0.2, 0.25) is 10.0 Å². The van der Waals surface area contributed by atoms with Gasteiger partial charge in [0.1, 0.15) is 0 Å². The lowest BCUT2D eigenvalue weighted by Gasteiger charge is -2.20. The molecule has 17 heavy (non-hydrogen) atoms. The SMILES string of the molecule is CNCCCCS(=O)(=O)N(C)CC1CCCC1. The molecular weight excluding hydrogens is 236 g/mol. The van der Waals surface area contributed by atoms with Gasteiger partial charge in [-0.15, -0.1) is 0 Å². The van der Waals surface area contributed by atoms with Crippen LogP contribution in [0, 0.1) is 5.92 Å². The largest absolute Gasteiger partial charge is 0.320 e. The summed E-state index contributed by atoms with van der Waals surface area (Å²) in [4.78, 5) is 0. The second-order valence-corrected chi connectivity index (χ2v) is 7.25. The number of rotatable bonds is 8. The van der Waals surface area contributed by atoms with Gasteiger partial charge in [0.15, 0.2) is 0 Å². The van der Waals surface area contributed by atoms with Crippen molar-refractivity contribution in [3.05, 3.63) is 0 Å². The average Bonchev–Trinajstić information content (AvgIpc) is 2.77. The molecule has 0 aromatic rings.